The molecule has 0 saturated heterocycles. The molecule has 0 heterocycles. The van der Waals surface area contributed by atoms with Gasteiger partial charge in [-0.25, -0.2) is 0 Å². The normalized spacial score (nSPS) is 19.4. The fraction of sp³-hybridized carbons (Fsp3) is 0.462. The highest BCUT2D eigenvalue weighted by Crippen LogP contribution is 2.57. The molecule has 0 amide bonds. The highest BCUT2D eigenvalue weighted by atomic mass is 35.5. The van der Waals surface area contributed by atoms with Gasteiger partial charge in [-0.2, -0.15) is 0 Å². The van der Waals surface area contributed by atoms with Crippen molar-refractivity contribution in [3.63, 3.8) is 0 Å². The highest BCUT2D eigenvalue weighted by molar-refractivity contribution is 6.80. The molecule has 0 radical (unpaired) electrons. The molecule has 0 bridgehead atoms. The lowest BCUT2D eigenvalue weighted by atomic mass is 9.68. The Labute approximate surface area is 183 Å². The van der Waals surface area contributed by atoms with Crippen LogP contribution in [0, 0.1) is 0 Å². The first-order chi connectivity index (χ1) is 13.3. The lowest BCUT2D eigenvalue weighted by Crippen LogP contribution is -2.58. The number of methoxy groups -OCH3 is 1. The van der Waals surface area contributed by atoms with Crippen molar-refractivity contribution in [1.29, 1.82) is 0 Å². The Morgan fingerprint density at radius 3 is 2.07 bits per heavy atom. The third kappa shape index (κ3) is 3.29. The molecule has 0 spiro atoms. The SMILES string of the molecule is COc1c(C(C)(C)C)cc(Cl)cc1C(C)(C)C1([Si](C)(C)C)C=Cc2ccccc21. The van der Waals surface area contributed by atoms with Gasteiger partial charge in [0.25, 0.3) is 0 Å². The van der Waals surface area contributed by atoms with Crippen LogP contribution in [0.4, 0.5) is 0 Å². The smallest absolute Gasteiger partial charge is 0.126 e. The van der Waals surface area contributed by atoms with Crippen molar-refractivity contribution < 1.29 is 4.74 Å². The van der Waals surface area contributed by atoms with Crippen LogP contribution in [0.15, 0.2) is 42.5 Å². The summed E-state index contributed by atoms with van der Waals surface area (Å²) in [4.78, 5) is 0. The van der Waals surface area contributed by atoms with E-state index in [-0.39, 0.29) is 15.9 Å². The quantitative estimate of drug-likeness (QED) is 0.453. The highest BCUT2D eigenvalue weighted by Gasteiger charge is 2.57. The first-order valence-electron chi connectivity index (χ1n) is 10.4. The predicted octanol–water partition coefficient (Wildman–Crippen LogP) is 7.77. The first kappa shape index (κ1) is 22.2. The van der Waals surface area contributed by atoms with E-state index in [2.05, 4.69) is 103 Å². The van der Waals surface area contributed by atoms with Crippen molar-refractivity contribution in [2.75, 3.05) is 7.11 Å². The second kappa shape index (κ2) is 7.03. The van der Waals surface area contributed by atoms with Gasteiger partial charge in [0.15, 0.2) is 0 Å². The summed E-state index contributed by atoms with van der Waals surface area (Å²) in [5, 5.41) is 0.712. The Bertz CT molecular complexity index is 960. The van der Waals surface area contributed by atoms with E-state index >= 15 is 0 Å². The van der Waals surface area contributed by atoms with E-state index in [1.165, 1.54) is 16.7 Å². The first-order valence-corrected chi connectivity index (χ1v) is 14.3. The molecule has 0 fully saturated rings. The van der Waals surface area contributed by atoms with Crippen molar-refractivity contribution in [2.45, 2.75) is 70.1 Å². The topological polar surface area (TPSA) is 9.23 Å². The van der Waals surface area contributed by atoms with E-state index in [1.807, 2.05) is 0 Å². The summed E-state index contributed by atoms with van der Waals surface area (Å²) < 4.78 is 6.08. The van der Waals surface area contributed by atoms with Gasteiger partial charge in [-0.05, 0) is 28.7 Å². The second-order valence-corrected chi connectivity index (χ2v) is 16.6. The van der Waals surface area contributed by atoms with Crippen molar-refractivity contribution in [1.82, 2.24) is 0 Å². The van der Waals surface area contributed by atoms with E-state index in [4.69, 9.17) is 16.3 Å². The molecule has 1 atom stereocenters. The largest absolute Gasteiger partial charge is 0.496 e. The minimum atomic E-state index is -1.75. The molecule has 1 aliphatic rings. The van der Waals surface area contributed by atoms with Crippen LogP contribution in [0.5, 0.6) is 5.75 Å². The number of hydrogen-bond donors (Lipinski definition) is 0. The number of rotatable bonds is 4. The van der Waals surface area contributed by atoms with Crippen LogP contribution >= 0.6 is 11.6 Å². The van der Waals surface area contributed by atoms with Gasteiger partial charge in [0.2, 0.25) is 0 Å². The fourth-order valence-corrected chi connectivity index (χ4v) is 9.34. The number of benzene rings is 2. The number of ether oxygens (including phenoxy) is 1. The van der Waals surface area contributed by atoms with Gasteiger partial charge in [0.05, 0.1) is 15.2 Å². The summed E-state index contributed by atoms with van der Waals surface area (Å²) in [6.45, 7) is 18.8. The van der Waals surface area contributed by atoms with Gasteiger partial charge in [-0.1, -0.05) is 102 Å². The lowest BCUT2D eigenvalue weighted by molar-refractivity contribution is 0.353. The average molecular weight is 427 g/mol. The molecule has 1 nitrogen and oxygen atoms in total. The van der Waals surface area contributed by atoms with Gasteiger partial charge in [0.1, 0.15) is 5.75 Å². The molecular formula is C26H35ClOSi. The maximum absolute atomic E-state index is 6.70. The Kier molecular flexibility index (Phi) is 5.37. The Balaban J connectivity index is 2.39. The Morgan fingerprint density at radius 1 is 0.931 bits per heavy atom. The number of fused-ring (bicyclic) bond motifs is 1. The molecule has 2 aromatic rings. The molecule has 29 heavy (non-hydrogen) atoms. The monoisotopic (exact) mass is 426 g/mol. The minimum Gasteiger partial charge on any atom is -0.496 e. The molecule has 0 aliphatic heterocycles. The summed E-state index contributed by atoms with van der Waals surface area (Å²) in [5.74, 6) is 0.974. The maximum atomic E-state index is 6.70. The summed E-state index contributed by atoms with van der Waals surface area (Å²) in [6, 6.07) is 13.1. The van der Waals surface area contributed by atoms with Gasteiger partial charge >= 0.3 is 0 Å². The predicted molar refractivity (Wildman–Crippen MR) is 130 cm³/mol. The van der Waals surface area contributed by atoms with Crippen molar-refractivity contribution in [3.05, 3.63) is 69.8 Å². The molecule has 3 rings (SSSR count). The molecule has 0 aromatic heterocycles. The summed E-state index contributed by atoms with van der Waals surface area (Å²) >= 11 is 6.70. The lowest BCUT2D eigenvalue weighted by Gasteiger charge is -2.52. The van der Waals surface area contributed by atoms with E-state index in [1.54, 1.807) is 7.11 Å². The molecule has 1 unspecified atom stereocenters. The van der Waals surface area contributed by atoms with E-state index in [0.29, 0.717) is 0 Å². The molecule has 3 heteroatoms. The van der Waals surface area contributed by atoms with E-state index in [9.17, 15) is 0 Å². The Hall–Kier alpha value is -1.51. The summed E-state index contributed by atoms with van der Waals surface area (Å²) in [5.41, 5.74) is 4.87. The molecular weight excluding hydrogens is 392 g/mol. The van der Waals surface area contributed by atoms with Crippen LogP contribution in [0.3, 0.4) is 0 Å². The number of allylic oxidation sites excluding steroid dienone is 1. The van der Waals surface area contributed by atoms with Crippen molar-refractivity contribution in [2.24, 2.45) is 0 Å². The second-order valence-electron chi connectivity index (χ2n) is 10.9. The van der Waals surface area contributed by atoms with Gasteiger partial charge in [0, 0.05) is 26.6 Å². The Morgan fingerprint density at radius 2 is 1.52 bits per heavy atom. The molecule has 156 valence electrons. The summed E-state index contributed by atoms with van der Waals surface area (Å²) in [7, 11) is 0.0437. The molecule has 2 aromatic carbocycles. The zero-order valence-corrected chi connectivity index (χ0v) is 21.2. The van der Waals surface area contributed by atoms with Crippen molar-refractivity contribution >= 4 is 25.8 Å². The zero-order valence-electron chi connectivity index (χ0n) is 19.4. The van der Waals surface area contributed by atoms with Crippen LogP contribution in [0.1, 0.15) is 56.9 Å². The third-order valence-corrected chi connectivity index (χ3v) is 10.5. The number of hydrogen-bond acceptors (Lipinski definition) is 1. The van der Waals surface area contributed by atoms with Gasteiger partial charge in [-0.3, -0.25) is 0 Å². The number of halogens is 1. The fourth-order valence-electron chi connectivity index (χ4n) is 5.49. The van der Waals surface area contributed by atoms with Crippen LogP contribution in [-0.4, -0.2) is 15.2 Å². The van der Waals surface area contributed by atoms with Gasteiger partial charge in [-0.15, -0.1) is 0 Å². The standard InChI is InChI=1S/C26H35ClOSi/c1-24(2,3)21-16-19(27)17-22(23(21)28-6)25(4,5)26(29(7,8)9)15-14-18-12-10-11-13-20(18)26/h10-17H,1-9H3. The average Bonchev–Trinajstić information content (AvgIpc) is 3.01. The van der Waals surface area contributed by atoms with Gasteiger partial charge < -0.3 is 4.74 Å². The van der Waals surface area contributed by atoms with Crippen LogP contribution in [0.2, 0.25) is 24.7 Å². The van der Waals surface area contributed by atoms with Crippen molar-refractivity contribution in [3.8, 4) is 5.75 Å². The van der Waals surface area contributed by atoms with Crippen LogP contribution < -0.4 is 4.74 Å². The minimum absolute atomic E-state index is 0.0587. The van der Waals surface area contributed by atoms with Crippen LogP contribution in [0.25, 0.3) is 6.08 Å². The van der Waals surface area contributed by atoms with E-state index in [0.717, 1.165) is 16.3 Å². The third-order valence-electron chi connectivity index (χ3n) is 6.81. The molecule has 1 aliphatic carbocycles. The zero-order chi connectivity index (χ0) is 21.8. The maximum Gasteiger partial charge on any atom is 0.126 e. The molecule has 0 N–H and O–H groups in total. The summed E-state index contributed by atoms with van der Waals surface area (Å²) in [6.07, 6.45) is 4.79. The van der Waals surface area contributed by atoms with Crippen LogP contribution in [-0.2, 0) is 15.9 Å². The molecule has 0 saturated carbocycles. The van der Waals surface area contributed by atoms with E-state index < -0.39 is 8.07 Å².